The molecule has 0 atom stereocenters. The summed E-state index contributed by atoms with van der Waals surface area (Å²) in [6, 6.07) is 5.89. The van der Waals surface area contributed by atoms with Gasteiger partial charge in [0, 0.05) is 0 Å². The molecule has 2 aromatic carbocycles. The van der Waals surface area contributed by atoms with Gasteiger partial charge < -0.3 is 9.47 Å². The summed E-state index contributed by atoms with van der Waals surface area (Å²) in [5, 5.41) is 0. The van der Waals surface area contributed by atoms with Crippen molar-refractivity contribution in [2.24, 2.45) is 5.92 Å². The number of carbonyl (C=O) groups excluding carboxylic acids is 1. The highest BCUT2D eigenvalue weighted by atomic mass is 19.2. The van der Waals surface area contributed by atoms with Gasteiger partial charge in [0.1, 0.15) is 6.10 Å². The minimum absolute atomic E-state index is 0.0663. The van der Waals surface area contributed by atoms with Crippen LogP contribution in [0.5, 0.6) is 5.75 Å². The maximum absolute atomic E-state index is 15.1. The Bertz CT molecular complexity index is 1120. The fourth-order valence-electron chi connectivity index (χ4n) is 6.00. The lowest BCUT2D eigenvalue weighted by Gasteiger charge is -2.30. The predicted octanol–water partition coefficient (Wildman–Crippen LogP) is 9.38. The van der Waals surface area contributed by atoms with Crippen LogP contribution >= 0.6 is 0 Å². The average Bonchev–Trinajstić information content (AvgIpc) is 2.93. The lowest BCUT2D eigenvalue weighted by Crippen LogP contribution is -2.25. The topological polar surface area (TPSA) is 35.5 Å². The lowest BCUT2D eigenvalue weighted by molar-refractivity contribution is 0.0188. The summed E-state index contributed by atoms with van der Waals surface area (Å²) in [4.78, 5) is 12.6. The smallest absolute Gasteiger partial charge is 0.341 e. The summed E-state index contributed by atoms with van der Waals surface area (Å²) in [6.07, 6.45) is 9.00. The van der Waals surface area contributed by atoms with Crippen LogP contribution in [0.25, 0.3) is 0 Å². The molecule has 0 amide bonds. The van der Waals surface area contributed by atoms with E-state index in [0.717, 1.165) is 51.4 Å². The molecule has 0 N–H and O–H groups in total. The van der Waals surface area contributed by atoms with E-state index in [1.54, 1.807) is 12.1 Å². The molecule has 4 rings (SSSR count). The number of unbranched alkanes of at least 4 members (excludes halogenated alkanes) is 3. The van der Waals surface area contributed by atoms with Crippen LogP contribution in [0, 0.1) is 29.2 Å². The van der Waals surface area contributed by atoms with Gasteiger partial charge in [-0.1, -0.05) is 58.1 Å². The van der Waals surface area contributed by atoms with Gasteiger partial charge in [0.2, 0.25) is 5.82 Å². The molecule has 2 fully saturated rings. The van der Waals surface area contributed by atoms with Crippen molar-refractivity contribution in [2.45, 2.75) is 109 Å². The molecule has 0 bridgehead atoms. The molecule has 0 aromatic heterocycles. The van der Waals surface area contributed by atoms with Gasteiger partial charge in [-0.25, -0.2) is 18.0 Å². The molecule has 214 valence electrons. The van der Waals surface area contributed by atoms with E-state index in [1.807, 2.05) is 0 Å². The van der Waals surface area contributed by atoms with Gasteiger partial charge in [0.05, 0.1) is 12.2 Å². The monoisotopic (exact) mass is 548 g/mol. The van der Waals surface area contributed by atoms with E-state index in [1.165, 1.54) is 12.1 Å². The molecule has 2 saturated carbocycles. The molecule has 7 heteroatoms. The van der Waals surface area contributed by atoms with Crippen molar-refractivity contribution in [3.63, 3.8) is 0 Å². The molecule has 0 heterocycles. The Kier molecular flexibility index (Phi) is 10.3. The second-order valence-corrected chi connectivity index (χ2v) is 11.4. The fraction of sp³-hybridized carbons (Fsp3) is 0.594. The third kappa shape index (κ3) is 7.15. The summed E-state index contributed by atoms with van der Waals surface area (Å²) < 4.78 is 70.0. The van der Waals surface area contributed by atoms with E-state index >= 15 is 8.78 Å². The first-order valence-corrected chi connectivity index (χ1v) is 14.6. The van der Waals surface area contributed by atoms with Gasteiger partial charge in [-0.15, -0.1) is 0 Å². The highest BCUT2D eigenvalue weighted by Gasteiger charge is 2.31. The molecular formula is C32H40F4O3. The van der Waals surface area contributed by atoms with Crippen LogP contribution < -0.4 is 4.74 Å². The number of benzene rings is 2. The van der Waals surface area contributed by atoms with Gasteiger partial charge in [-0.05, 0) is 86.0 Å². The van der Waals surface area contributed by atoms with Crippen LogP contribution in [0.1, 0.15) is 124 Å². The summed E-state index contributed by atoms with van der Waals surface area (Å²) in [5.41, 5.74) is 0.366. The maximum Gasteiger partial charge on any atom is 0.341 e. The van der Waals surface area contributed by atoms with Crippen LogP contribution in [0.4, 0.5) is 17.6 Å². The Morgan fingerprint density at radius 3 is 1.92 bits per heavy atom. The molecule has 2 aliphatic rings. The van der Waals surface area contributed by atoms with Gasteiger partial charge in [0.25, 0.3) is 0 Å². The van der Waals surface area contributed by atoms with E-state index < -0.39 is 40.9 Å². The molecule has 0 aliphatic heterocycles. The number of rotatable bonds is 10. The van der Waals surface area contributed by atoms with Crippen molar-refractivity contribution < 1.29 is 31.8 Å². The minimum atomic E-state index is -1.29. The second-order valence-electron chi connectivity index (χ2n) is 11.4. The summed E-state index contributed by atoms with van der Waals surface area (Å²) in [6.45, 7) is 4.55. The van der Waals surface area contributed by atoms with Crippen molar-refractivity contribution in [3.05, 3.63) is 64.2 Å². The van der Waals surface area contributed by atoms with Crippen LogP contribution in [0.2, 0.25) is 0 Å². The minimum Gasteiger partial charge on any atom is -0.490 e. The van der Waals surface area contributed by atoms with Crippen molar-refractivity contribution in [3.8, 4) is 5.75 Å². The number of ether oxygens (including phenoxy) is 2. The molecule has 2 aliphatic carbocycles. The number of hydrogen-bond donors (Lipinski definition) is 0. The molecule has 3 nitrogen and oxygen atoms in total. The predicted molar refractivity (Wildman–Crippen MR) is 143 cm³/mol. The Morgan fingerprint density at radius 2 is 1.33 bits per heavy atom. The third-order valence-corrected chi connectivity index (χ3v) is 8.51. The van der Waals surface area contributed by atoms with Gasteiger partial charge in [-0.2, -0.15) is 4.39 Å². The number of carbonyl (C=O) groups is 1. The third-order valence-electron chi connectivity index (χ3n) is 8.51. The number of esters is 1. The zero-order chi connectivity index (χ0) is 27.9. The van der Waals surface area contributed by atoms with Gasteiger partial charge in [-0.3, -0.25) is 0 Å². The Hall–Kier alpha value is -2.57. The van der Waals surface area contributed by atoms with E-state index in [2.05, 4.69) is 13.8 Å². The Labute approximate surface area is 229 Å². The second kappa shape index (κ2) is 13.7. The van der Waals surface area contributed by atoms with Crippen molar-refractivity contribution in [1.29, 1.82) is 0 Å². The van der Waals surface area contributed by atoms with E-state index in [4.69, 9.17) is 9.47 Å². The Morgan fingerprint density at radius 1 is 0.744 bits per heavy atom. The van der Waals surface area contributed by atoms with Crippen molar-refractivity contribution in [2.75, 3.05) is 6.61 Å². The van der Waals surface area contributed by atoms with Crippen LogP contribution in [0.3, 0.4) is 0 Å². The SMILES string of the molecule is CCCCCCOc1ccc(C(=O)OC2CCC(c3ccc(C4CCC(C)CC4)c(F)c3F)CC2)c(F)c1F. The highest BCUT2D eigenvalue weighted by Crippen LogP contribution is 2.41. The largest absolute Gasteiger partial charge is 0.490 e. The number of halogens is 4. The van der Waals surface area contributed by atoms with Crippen molar-refractivity contribution >= 4 is 5.97 Å². The lowest BCUT2D eigenvalue weighted by atomic mass is 9.77. The van der Waals surface area contributed by atoms with Crippen molar-refractivity contribution in [1.82, 2.24) is 0 Å². The summed E-state index contributed by atoms with van der Waals surface area (Å²) in [7, 11) is 0. The molecule has 0 saturated heterocycles. The first-order chi connectivity index (χ1) is 18.8. The van der Waals surface area contributed by atoms with Gasteiger partial charge >= 0.3 is 5.97 Å². The van der Waals surface area contributed by atoms with Crippen LogP contribution in [0.15, 0.2) is 24.3 Å². The summed E-state index contributed by atoms with van der Waals surface area (Å²) >= 11 is 0. The quantitative estimate of drug-likeness (QED) is 0.169. The molecule has 2 aromatic rings. The normalized spacial score (nSPS) is 23.4. The number of hydrogen-bond acceptors (Lipinski definition) is 3. The molecule has 0 unspecified atom stereocenters. The Balaban J connectivity index is 1.31. The van der Waals surface area contributed by atoms with Crippen LogP contribution in [-0.2, 0) is 4.74 Å². The molecule has 0 spiro atoms. The van der Waals surface area contributed by atoms with Crippen LogP contribution in [-0.4, -0.2) is 18.7 Å². The fourth-order valence-corrected chi connectivity index (χ4v) is 6.00. The molecule has 39 heavy (non-hydrogen) atoms. The van der Waals surface area contributed by atoms with Gasteiger partial charge in [0.15, 0.2) is 23.2 Å². The summed E-state index contributed by atoms with van der Waals surface area (Å²) in [5.74, 6) is -4.63. The maximum atomic E-state index is 15.1. The van der Waals surface area contributed by atoms with E-state index in [0.29, 0.717) is 42.7 Å². The van der Waals surface area contributed by atoms with E-state index in [9.17, 15) is 13.6 Å². The van der Waals surface area contributed by atoms with E-state index in [-0.39, 0.29) is 24.2 Å². The first kappa shape index (κ1) is 29.4. The molecular weight excluding hydrogens is 508 g/mol. The average molecular weight is 549 g/mol. The standard InChI is InChI=1S/C32H40F4O3/c1-3-4-5-6-19-38-27-18-17-26(30(35)31(27)36)32(37)39-23-13-11-22(12-14-23)25-16-15-24(28(33)29(25)34)21-9-7-20(2)8-10-21/h15-18,20-23H,3-14,19H2,1-2H3. The molecule has 0 radical (unpaired) electrons. The zero-order valence-corrected chi connectivity index (χ0v) is 23.0. The zero-order valence-electron chi connectivity index (χ0n) is 23.0. The highest BCUT2D eigenvalue weighted by molar-refractivity contribution is 5.90. The first-order valence-electron chi connectivity index (χ1n) is 14.6.